The Morgan fingerprint density at radius 2 is 1.62 bits per heavy atom. The number of H-pyrrole nitrogens is 1. The van der Waals surface area contributed by atoms with E-state index in [9.17, 15) is 9.59 Å². The highest BCUT2D eigenvalue weighted by molar-refractivity contribution is 9.11. The molecule has 8 heteroatoms. The van der Waals surface area contributed by atoms with Crippen molar-refractivity contribution in [3.05, 3.63) is 122 Å². The number of halogens is 2. The zero-order valence-corrected chi connectivity index (χ0v) is 24.3. The summed E-state index contributed by atoms with van der Waals surface area (Å²) < 4.78 is 7.01. The van der Waals surface area contributed by atoms with Gasteiger partial charge in [-0.05, 0) is 71.7 Å². The standard InChI is InChI=1S/C31H23Br2N3O3/c1-18-8-11-21(12-9-18)31(38)39-29-22(15-23(32)16-25(29)33)17-34-36-30(37)28-27(20-6-4-3-5-7-20)24-14-19(2)10-13-26(24)35-28/h3-17,35H,1-2H3,(H,36,37). The predicted octanol–water partition coefficient (Wildman–Crippen LogP) is 7.96. The van der Waals surface area contributed by atoms with Gasteiger partial charge in [-0.1, -0.05) is 75.6 Å². The summed E-state index contributed by atoms with van der Waals surface area (Å²) in [5, 5.41) is 5.15. The summed E-state index contributed by atoms with van der Waals surface area (Å²) in [4.78, 5) is 29.4. The molecule has 1 heterocycles. The maximum absolute atomic E-state index is 13.3. The molecule has 0 saturated heterocycles. The zero-order chi connectivity index (χ0) is 27.5. The summed E-state index contributed by atoms with van der Waals surface area (Å²) >= 11 is 6.93. The van der Waals surface area contributed by atoms with Crippen LogP contribution in [0.5, 0.6) is 5.75 Å². The molecule has 0 spiro atoms. The van der Waals surface area contributed by atoms with Crippen LogP contribution < -0.4 is 10.2 Å². The number of aromatic nitrogens is 1. The number of aromatic amines is 1. The van der Waals surface area contributed by atoms with Crippen molar-refractivity contribution in [3.63, 3.8) is 0 Å². The van der Waals surface area contributed by atoms with Gasteiger partial charge in [0.2, 0.25) is 0 Å². The largest absolute Gasteiger partial charge is 0.421 e. The molecule has 39 heavy (non-hydrogen) atoms. The highest BCUT2D eigenvalue weighted by Crippen LogP contribution is 2.34. The molecule has 1 amide bonds. The molecular formula is C31H23Br2N3O3. The number of fused-ring (bicyclic) bond motifs is 1. The summed E-state index contributed by atoms with van der Waals surface area (Å²) in [5.74, 6) is -0.614. The summed E-state index contributed by atoms with van der Waals surface area (Å²) in [6.07, 6.45) is 1.44. The van der Waals surface area contributed by atoms with Gasteiger partial charge in [0.25, 0.3) is 5.91 Å². The molecule has 0 unspecified atom stereocenters. The van der Waals surface area contributed by atoms with Gasteiger partial charge in [0.05, 0.1) is 16.3 Å². The van der Waals surface area contributed by atoms with Crippen LogP contribution >= 0.6 is 31.9 Å². The van der Waals surface area contributed by atoms with Gasteiger partial charge in [0, 0.05) is 26.5 Å². The van der Waals surface area contributed by atoms with Gasteiger partial charge in [-0.3, -0.25) is 4.79 Å². The molecule has 0 saturated carbocycles. The fourth-order valence-electron chi connectivity index (χ4n) is 4.22. The lowest BCUT2D eigenvalue weighted by molar-refractivity contribution is 0.0733. The Morgan fingerprint density at radius 1 is 0.897 bits per heavy atom. The lowest BCUT2D eigenvalue weighted by Crippen LogP contribution is -2.19. The van der Waals surface area contributed by atoms with Crippen molar-refractivity contribution in [1.29, 1.82) is 0 Å². The molecular weight excluding hydrogens is 622 g/mol. The third-order valence-corrected chi connectivity index (χ3v) is 7.18. The highest BCUT2D eigenvalue weighted by atomic mass is 79.9. The van der Waals surface area contributed by atoms with Crippen LogP contribution in [0.1, 0.15) is 37.5 Å². The number of nitrogens with zero attached hydrogens (tertiary/aromatic N) is 1. The fourth-order valence-corrected chi connectivity index (χ4v) is 5.56. The number of hydrazone groups is 1. The van der Waals surface area contributed by atoms with Gasteiger partial charge in [-0.15, -0.1) is 0 Å². The maximum atomic E-state index is 13.3. The first-order valence-electron chi connectivity index (χ1n) is 12.1. The number of hydrogen-bond donors (Lipinski definition) is 2. The van der Waals surface area contributed by atoms with Gasteiger partial charge in [0.15, 0.2) is 5.75 Å². The van der Waals surface area contributed by atoms with E-state index in [-0.39, 0.29) is 5.75 Å². The molecule has 0 aliphatic carbocycles. The van der Waals surface area contributed by atoms with Gasteiger partial charge >= 0.3 is 5.97 Å². The van der Waals surface area contributed by atoms with E-state index in [0.29, 0.717) is 21.3 Å². The Labute approximate surface area is 242 Å². The lowest BCUT2D eigenvalue weighted by atomic mass is 10.0. The first-order chi connectivity index (χ1) is 18.8. The second kappa shape index (κ2) is 11.4. The van der Waals surface area contributed by atoms with Crippen LogP contribution in [0.4, 0.5) is 0 Å². The van der Waals surface area contributed by atoms with Crippen LogP contribution in [0.15, 0.2) is 99.0 Å². The van der Waals surface area contributed by atoms with Crippen molar-refractivity contribution < 1.29 is 14.3 Å². The number of rotatable bonds is 6. The van der Waals surface area contributed by atoms with Crippen molar-refractivity contribution in [2.75, 3.05) is 0 Å². The number of aryl methyl sites for hydroxylation is 2. The molecule has 1 aromatic heterocycles. The number of amides is 1. The average Bonchev–Trinajstić information content (AvgIpc) is 3.30. The molecule has 4 aromatic carbocycles. The summed E-state index contributed by atoms with van der Waals surface area (Å²) in [7, 11) is 0. The molecule has 5 rings (SSSR count). The quantitative estimate of drug-likeness (QED) is 0.0851. The van der Waals surface area contributed by atoms with Crippen LogP contribution in [-0.4, -0.2) is 23.1 Å². The van der Waals surface area contributed by atoms with Crippen LogP contribution in [0.25, 0.3) is 22.0 Å². The molecule has 0 bridgehead atoms. The topological polar surface area (TPSA) is 83.5 Å². The summed E-state index contributed by atoms with van der Waals surface area (Å²) in [6.45, 7) is 3.97. The maximum Gasteiger partial charge on any atom is 0.343 e. The number of benzene rings is 4. The molecule has 5 aromatic rings. The van der Waals surface area contributed by atoms with E-state index in [0.717, 1.165) is 37.6 Å². The summed E-state index contributed by atoms with van der Waals surface area (Å²) in [5.41, 5.74) is 8.66. The number of carbonyl (C=O) groups excluding carboxylic acids is 2. The Morgan fingerprint density at radius 3 is 2.36 bits per heavy atom. The van der Waals surface area contributed by atoms with Crippen LogP contribution in [0.2, 0.25) is 0 Å². The molecule has 2 N–H and O–H groups in total. The first kappa shape index (κ1) is 26.6. The van der Waals surface area contributed by atoms with E-state index >= 15 is 0 Å². The predicted molar refractivity (Wildman–Crippen MR) is 162 cm³/mol. The number of ether oxygens (including phenoxy) is 1. The van der Waals surface area contributed by atoms with Gasteiger partial charge in [-0.2, -0.15) is 5.10 Å². The van der Waals surface area contributed by atoms with Gasteiger partial charge in [-0.25, -0.2) is 10.2 Å². The number of hydrogen-bond acceptors (Lipinski definition) is 4. The third kappa shape index (κ3) is 5.87. The second-order valence-electron chi connectivity index (χ2n) is 9.05. The molecule has 0 atom stereocenters. The minimum absolute atomic E-state index is 0.285. The molecule has 0 fully saturated rings. The van der Waals surface area contributed by atoms with E-state index in [2.05, 4.69) is 53.4 Å². The molecule has 194 valence electrons. The average molecular weight is 645 g/mol. The van der Waals surface area contributed by atoms with Gasteiger partial charge < -0.3 is 9.72 Å². The van der Waals surface area contributed by atoms with E-state index in [1.807, 2.05) is 68.4 Å². The van der Waals surface area contributed by atoms with Crippen molar-refractivity contribution >= 4 is 60.9 Å². The number of carbonyl (C=O) groups is 2. The van der Waals surface area contributed by atoms with E-state index in [1.54, 1.807) is 24.3 Å². The zero-order valence-electron chi connectivity index (χ0n) is 21.1. The fraction of sp³-hybridized carbons (Fsp3) is 0.0645. The monoisotopic (exact) mass is 643 g/mol. The lowest BCUT2D eigenvalue weighted by Gasteiger charge is -2.11. The van der Waals surface area contributed by atoms with Crippen molar-refractivity contribution in [3.8, 4) is 16.9 Å². The van der Waals surface area contributed by atoms with E-state index in [4.69, 9.17) is 4.74 Å². The first-order valence-corrected chi connectivity index (χ1v) is 13.7. The van der Waals surface area contributed by atoms with E-state index in [1.165, 1.54) is 6.21 Å². The van der Waals surface area contributed by atoms with Crippen molar-refractivity contribution in [2.45, 2.75) is 13.8 Å². The Balaban J connectivity index is 1.43. The molecule has 6 nitrogen and oxygen atoms in total. The van der Waals surface area contributed by atoms with Crippen LogP contribution in [0.3, 0.4) is 0 Å². The molecule has 0 aliphatic heterocycles. The molecule has 0 radical (unpaired) electrons. The summed E-state index contributed by atoms with van der Waals surface area (Å²) in [6, 6.07) is 26.4. The third-order valence-electron chi connectivity index (χ3n) is 6.13. The van der Waals surface area contributed by atoms with Crippen LogP contribution in [-0.2, 0) is 0 Å². The molecule has 0 aliphatic rings. The van der Waals surface area contributed by atoms with E-state index < -0.39 is 11.9 Å². The Bertz CT molecular complexity index is 1730. The second-order valence-corrected chi connectivity index (χ2v) is 10.8. The smallest absolute Gasteiger partial charge is 0.343 e. The Kier molecular flexibility index (Phi) is 7.77. The minimum atomic E-state index is -0.502. The van der Waals surface area contributed by atoms with Crippen molar-refractivity contribution in [1.82, 2.24) is 10.4 Å². The Hall–Kier alpha value is -4.01. The number of nitrogens with one attached hydrogen (secondary N) is 2. The van der Waals surface area contributed by atoms with Crippen LogP contribution in [0, 0.1) is 13.8 Å². The van der Waals surface area contributed by atoms with Crippen molar-refractivity contribution in [2.24, 2.45) is 5.10 Å². The SMILES string of the molecule is Cc1ccc(C(=O)Oc2c(Br)cc(Br)cc2C=NNC(=O)c2[nH]c3ccc(C)cc3c2-c2ccccc2)cc1. The number of esters is 1. The van der Waals surface area contributed by atoms with Gasteiger partial charge in [0.1, 0.15) is 5.69 Å². The highest BCUT2D eigenvalue weighted by Gasteiger charge is 2.20. The minimum Gasteiger partial charge on any atom is -0.421 e. The normalized spacial score (nSPS) is 11.2.